The van der Waals surface area contributed by atoms with E-state index < -0.39 is 0 Å². The molecule has 0 saturated carbocycles. The largest absolute Gasteiger partial charge is 0.347 e. The highest BCUT2D eigenvalue weighted by Gasteiger charge is 2.16. The number of nitrogens with one attached hydrogen (secondary N) is 1. The van der Waals surface area contributed by atoms with Gasteiger partial charge < -0.3 is 5.32 Å². The molecule has 4 rings (SSSR count). The highest BCUT2D eigenvalue weighted by molar-refractivity contribution is 7.21. The molecule has 0 spiro atoms. The van der Waals surface area contributed by atoms with Gasteiger partial charge in [-0.1, -0.05) is 48.0 Å². The minimum Gasteiger partial charge on any atom is -0.347 e. The molecule has 2 aromatic heterocycles. The molecule has 0 aliphatic carbocycles. The molecule has 25 heavy (non-hydrogen) atoms. The fourth-order valence-electron chi connectivity index (χ4n) is 2.60. The summed E-state index contributed by atoms with van der Waals surface area (Å²) in [5.74, 6) is -0.168. The minimum atomic E-state index is -0.168. The lowest BCUT2D eigenvalue weighted by atomic mass is 10.2. The Hall–Kier alpha value is -2.63. The van der Waals surface area contributed by atoms with Crippen molar-refractivity contribution in [1.29, 1.82) is 0 Å². The van der Waals surface area contributed by atoms with Gasteiger partial charge in [-0.15, -0.1) is 11.3 Å². The fraction of sp³-hybridized carbons (Fsp3) is 0.0526. The molecule has 0 radical (unpaired) electrons. The van der Waals surface area contributed by atoms with Gasteiger partial charge in [0, 0.05) is 28.4 Å². The fourth-order valence-corrected chi connectivity index (χ4v) is 4.03. The van der Waals surface area contributed by atoms with Gasteiger partial charge in [0.25, 0.3) is 5.91 Å². The zero-order valence-corrected chi connectivity index (χ0v) is 14.7. The van der Waals surface area contributed by atoms with Crippen LogP contribution in [-0.4, -0.2) is 15.7 Å². The maximum atomic E-state index is 12.5. The van der Waals surface area contributed by atoms with E-state index in [4.69, 9.17) is 11.6 Å². The normalized spacial score (nSPS) is 10.9. The molecule has 0 saturated heterocycles. The second-order valence-electron chi connectivity index (χ2n) is 5.55. The van der Waals surface area contributed by atoms with Gasteiger partial charge in [0.15, 0.2) is 0 Å². The van der Waals surface area contributed by atoms with Crippen LogP contribution in [0.2, 0.25) is 5.02 Å². The van der Waals surface area contributed by atoms with Crippen molar-refractivity contribution in [3.05, 3.63) is 82.5 Å². The van der Waals surface area contributed by atoms with E-state index in [0.29, 0.717) is 16.4 Å². The number of para-hydroxylation sites is 1. The van der Waals surface area contributed by atoms with Gasteiger partial charge in [0.2, 0.25) is 0 Å². The Labute approximate surface area is 153 Å². The Morgan fingerprint density at radius 2 is 1.88 bits per heavy atom. The smallest absolute Gasteiger partial charge is 0.263 e. The van der Waals surface area contributed by atoms with Gasteiger partial charge in [-0.3, -0.25) is 4.79 Å². The quantitative estimate of drug-likeness (QED) is 0.569. The molecule has 0 atom stereocenters. The Balaban J connectivity index is 1.48. The van der Waals surface area contributed by atoms with Crippen molar-refractivity contribution in [1.82, 2.24) is 15.1 Å². The zero-order chi connectivity index (χ0) is 17.2. The van der Waals surface area contributed by atoms with Gasteiger partial charge in [0.05, 0.1) is 16.9 Å². The van der Waals surface area contributed by atoms with Crippen LogP contribution in [-0.2, 0) is 6.54 Å². The van der Waals surface area contributed by atoms with Crippen molar-refractivity contribution in [3.63, 3.8) is 0 Å². The van der Waals surface area contributed by atoms with Crippen LogP contribution in [0.5, 0.6) is 0 Å². The van der Waals surface area contributed by atoms with Gasteiger partial charge in [-0.2, -0.15) is 5.10 Å². The van der Waals surface area contributed by atoms with Crippen LogP contribution in [0.4, 0.5) is 0 Å². The number of thiophene rings is 1. The van der Waals surface area contributed by atoms with Crippen molar-refractivity contribution < 1.29 is 4.79 Å². The molecule has 4 aromatic rings. The van der Waals surface area contributed by atoms with Crippen molar-refractivity contribution in [2.45, 2.75) is 6.54 Å². The van der Waals surface area contributed by atoms with Crippen molar-refractivity contribution in [2.24, 2.45) is 0 Å². The third-order valence-electron chi connectivity index (χ3n) is 3.85. The van der Waals surface area contributed by atoms with E-state index in [1.807, 2.05) is 60.8 Å². The highest BCUT2D eigenvalue weighted by Crippen LogP contribution is 2.34. The van der Waals surface area contributed by atoms with Crippen LogP contribution < -0.4 is 5.32 Å². The average molecular weight is 368 g/mol. The zero-order valence-electron chi connectivity index (χ0n) is 13.1. The number of benzene rings is 2. The Kier molecular flexibility index (Phi) is 4.26. The lowest BCUT2D eigenvalue weighted by Crippen LogP contribution is -2.21. The summed E-state index contributed by atoms with van der Waals surface area (Å²) >= 11 is 7.76. The first-order chi connectivity index (χ1) is 12.2. The molecule has 0 fully saturated rings. The lowest BCUT2D eigenvalue weighted by molar-refractivity contribution is 0.0955. The number of amides is 1. The monoisotopic (exact) mass is 367 g/mol. The van der Waals surface area contributed by atoms with E-state index in [1.165, 1.54) is 11.3 Å². The molecule has 6 heteroatoms. The predicted molar refractivity (Wildman–Crippen MR) is 102 cm³/mol. The molecule has 4 nitrogen and oxygen atoms in total. The number of carbonyl (C=O) groups excluding carboxylic acids is 1. The minimum absolute atomic E-state index is 0.168. The first kappa shape index (κ1) is 15.9. The maximum Gasteiger partial charge on any atom is 0.263 e. The van der Waals surface area contributed by atoms with Gasteiger partial charge >= 0.3 is 0 Å². The van der Waals surface area contributed by atoms with E-state index in [2.05, 4.69) is 10.4 Å². The average Bonchev–Trinajstić information content (AvgIpc) is 3.26. The molecular weight excluding hydrogens is 354 g/mol. The summed E-state index contributed by atoms with van der Waals surface area (Å²) in [6.07, 6.45) is 3.65. The van der Waals surface area contributed by atoms with Crippen molar-refractivity contribution in [3.8, 4) is 5.69 Å². The van der Waals surface area contributed by atoms with Gasteiger partial charge in [-0.05, 0) is 18.2 Å². The number of hydrogen-bond acceptors (Lipinski definition) is 3. The third-order valence-corrected chi connectivity index (χ3v) is 5.53. The number of hydrogen-bond donors (Lipinski definition) is 1. The Morgan fingerprint density at radius 1 is 1.12 bits per heavy atom. The maximum absolute atomic E-state index is 12.5. The van der Waals surface area contributed by atoms with Crippen molar-refractivity contribution >= 4 is 38.9 Å². The lowest BCUT2D eigenvalue weighted by Gasteiger charge is -2.02. The van der Waals surface area contributed by atoms with Crippen LogP contribution in [0.25, 0.3) is 15.8 Å². The standard InChI is InChI=1S/C19H14ClN3OS/c20-17-15-8-4-5-9-16(15)25-18(17)19(24)21-10-13-11-22-23(12-13)14-6-2-1-3-7-14/h1-9,11-12H,10H2,(H,21,24). The third kappa shape index (κ3) is 3.16. The number of carbonyl (C=O) groups is 1. The second kappa shape index (κ2) is 6.70. The van der Waals surface area contributed by atoms with E-state index in [-0.39, 0.29) is 5.91 Å². The first-order valence-corrected chi connectivity index (χ1v) is 8.96. The summed E-state index contributed by atoms with van der Waals surface area (Å²) in [7, 11) is 0. The highest BCUT2D eigenvalue weighted by atomic mass is 35.5. The summed E-state index contributed by atoms with van der Waals surface area (Å²) < 4.78 is 2.79. The summed E-state index contributed by atoms with van der Waals surface area (Å²) in [4.78, 5) is 13.0. The van der Waals surface area contributed by atoms with Crippen LogP contribution in [0, 0.1) is 0 Å². The molecule has 0 unspecified atom stereocenters. The Bertz CT molecular complexity index is 1040. The van der Waals surface area contributed by atoms with E-state index >= 15 is 0 Å². The SMILES string of the molecule is O=C(NCc1cnn(-c2ccccc2)c1)c1sc2ccccc2c1Cl. The molecule has 1 N–H and O–H groups in total. The topological polar surface area (TPSA) is 46.9 Å². The number of aromatic nitrogens is 2. The summed E-state index contributed by atoms with van der Waals surface area (Å²) in [5, 5.41) is 8.67. The number of fused-ring (bicyclic) bond motifs is 1. The molecule has 124 valence electrons. The van der Waals surface area contributed by atoms with E-state index in [0.717, 1.165) is 21.3 Å². The first-order valence-electron chi connectivity index (χ1n) is 7.76. The van der Waals surface area contributed by atoms with Gasteiger partial charge in [-0.25, -0.2) is 4.68 Å². The molecule has 2 heterocycles. The Morgan fingerprint density at radius 3 is 2.68 bits per heavy atom. The molecular formula is C19H14ClN3OS. The summed E-state index contributed by atoms with van der Waals surface area (Å²) in [5.41, 5.74) is 1.90. The molecule has 1 amide bonds. The number of halogens is 1. The second-order valence-corrected chi connectivity index (χ2v) is 6.98. The van der Waals surface area contributed by atoms with Gasteiger partial charge in [0.1, 0.15) is 4.88 Å². The number of rotatable bonds is 4. The van der Waals surface area contributed by atoms with Crippen LogP contribution in [0.3, 0.4) is 0 Å². The molecule has 0 bridgehead atoms. The summed E-state index contributed by atoms with van der Waals surface area (Å²) in [6, 6.07) is 17.6. The van der Waals surface area contributed by atoms with Crippen LogP contribution in [0.15, 0.2) is 67.0 Å². The van der Waals surface area contributed by atoms with Crippen LogP contribution >= 0.6 is 22.9 Å². The van der Waals surface area contributed by atoms with E-state index in [1.54, 1.807) is 10.9 Å². The molecule has 0 aliphatic rings. The van der Waals surface area contributed by atoms with Crippen LogP contribution in [0.1, 0.15) is 15.2 Å². The van der Waals surface area contributed by atoms with E-state index in [9.17, 15) is 4.79 Å². The summed E-state index contributed by atoms with van der Waals surface area (Å²) in [6.45, 7) is 0.399. The molecule has 2 aromatic carbocycles. The van der Waals surface area contributed by atoms with Crippen molar-refractivity contribution in [2.75, 3.05) is 0 Å². The number of nitrogens with zero attached hydrogens (tertiary/aromatic N) is 2. The molecule has 0 aliphatic heterocycles. The predicted octanol–water partition coefficient (Wildman–Crippen LogP) is 4.67.